The van der Waals surface area contributed by atoms with E-state index in [4.69, 9.17) is 16.1 Å². The fourth-order valence-corrected chi connectivity index (χ4v) is 5.27. The number of aromatic nitrogens is 2. The minimum Gasteiger partial charge on any atom is -0.368 e. The zero-order valence-corrected chi connectivity index (χ0v) is 21.2. The lowest BCUT2D eigenvalue weighted by molar-refractivity contribution is -0.137. The zero-order chi connectivity index (χ0) is 24.4. The number of hydrogen-bond acceptors (Lipinski definition) is 6. The molecule has 3 aromatic rings. The summed E-state index contributed by atoms with van der Waals surface area (Å²) in [5, 5.41) is 4.90. The Bertz CT molecular complexity index is 1180. The quantitative estimate of drug-likeness (QED) is 0.519. The molecule has 3 heterocycles. The van der Waals surface area contributed by atoms with Gasteiger partial charge < -0.3 is 14.3 Å². The number of halogens is 1. The first-order valence-corrected chi connectivity index (χ1v) is 12.8. The molecule has 8 heteroatoms. The van der Waals surface area contributed by atoms with Gasteiger partial charge in [0.25, 0.3) is 0 Å². The fourth-order valence-electron chi connectivity index (χ4n) is 5.10. The number of carbonyl (C=O) groups excluding carboxylic acids is 1. The monoisotopic (exact) mass is 493 g/mol. The minimum atomic E-state index is 0.0937. The van der Waals surface area contributed by atoms with Crippen LogP contribution in [0.4, 0.5) is 5.69 Å². The highest BCUT2D eigenvalue weighted by molar-refractivity contribution is 6.30. The molecule has 2 aromatic carbocycles. The summed E-state index contributed by atoms with van der Waals surface area (Å²) in [6, 6.07) is 14.1. The summed E-state index contributed by atoms with van der Waals surface area (Å²) in [5.74, 6) is 1.64. The van der Waals surface area contributed by atoms with E-state index in [9.17, 15) is 4.79 Å². The zero-order valence-electron chi connectivity index (χ0n) is 20.4. The van der Waals surface area contributed by atoms with Gasteiger partial charge in [0.15, 0.2) is 0 Å². The van der Waals surface area contributed by atoms with Crippen LogP contribution in [0.5, 0.6) is 0 Å². The van der Waals surface area contributed by atoms with E-state index in [1.165, 1.54) is 16.8 Å². The van der Waals surface area contributed by atoms with Crippen molar-refractivity contribution in [3.8, 4) is 11.4 Å². The van der Waals surface area contributed by atoms with Crippen molar-refractivity contribution in [2.24, 2.45) is 5.92 Å². The van der Waals surface area contributed by atoms with Gasteiger partial charge in [0.2, 0.25) is 17.6 Å². The Morgan fingerprint density at radius 3 is 2.54 bits per heavy atom. The molecule has 2 saturated heterocycles. The second-order valence-electron chi connectivity index (χ2n) is 9.67. The maximum absolute atomic E-state index is 13.2. The Morgan fingerprint density at radius 1 is 1.03 bits per heavy atom. The Hall–Kier alpha value is -2.90. The van der Waals surface area contributed by atoms with Crippen molar-refractivity contribution in [2.45, 2.75) is 33.2 Å². The summed E-state index contributed by atoms with van der Waals surface area (Å²) in [5.41, 5.74) is 4.52. The van der Waals surface area contributed by atoms with Crippen molar-refractivity contribution in [1.82, 2.24) is 19.9 Å². The Labute approximate surface area is 211 Å². The topological polar surface area (TPSA) is 65.7 Å². The van der Waals surface area contributed by atoms with Gasteiger partial charge in [-0.25, -0.2) is 0 Å². The normalized spacial score (nSPS) is 17.7. The summed E-state index contributed by atoms with van der Waals surface area (Å²) in [4.78, 5) is 24.5. The Kier molecular flexibility index (Phi) is 7.07. The number of nitrogens with zero attached hydrogens (tertiary/aromatic N) is 5. The van der Waals surface area contributed by atoms with E-state index >= 15 is 0 Å². The van der Waals surface area contributed by atoms with Gasteiger partial charge in [-0.3, -0.25) is 9.69 Å². The molecule has 184 valence electrons. The predicted octanol–water partition coefficient (Wildman–Crippen LogP) is 4.57. The maximum Gasteiger partial charge on any atom is 0.241 e. The van der Waals surface area contributed by atoms with Gasteiger partial charge in [0.1, 0.15) is 0 Å². The molecule has 2 aliphatic rings. The number of amides is 1. The van der Waals surface area contributed by atoms with Gasteiger partial charge in [-0.2, -0.15) is 4.98 Å². The lowest BCUT2D eigenvalue weighted by Crippen LogP contribution is -2.51. The molecule has 2 fully saturated rings. The molecule has 1 amide bonds. The van der Waals surface area contributed by atoms with E-state index < -0.39 is 0 Å². The summed E-state index contributed by atoms with van der Waals surface area (Å²) >= 11 is 6.21. The molecular weight excluding hydrogens is 462 g/mol. The maximum atomic E-state index is 13.2. The van der Waals surface area contributed by atoms with Crippen LogP contribution in [0.2, 0.25) is 5.02 Å². The number of anilines is 1. The number of aryl methyl sites for hydroxylation is 2. The van der Waals surface area contributed by atoms with Gasteiger partial charge in [-0.15, -0.1) is 0 Å². The van der Waals surface area contributed by atoms with Crippen LogP contribution in [0.3, 0.4) is 0 Å². The third-order valence-electron chi connectivity index (χ3n) is 7.14. The molecule has 0 radical (unpaired) electrons. The highest BCUT2D eigenvalue weighted by Gasteiger charge is 2.31. The number of benzene rings is 2. The van der Waals surface area contributed by atoms with Crippen LogP contribution in [0, 0.1) is 19.8 Å². The molecule has 5 rings (SSSR count). The third kappa shape index (κ3) is 5.52. The second-order valence-corrected chi connectivity index (χ2v) is 10.1. The summed E-state index contributed by atoms with van der Waals surface area (Å²) in [7, 11) is 0. The second kappa shape index (κ2) is 10.4. The van der Waals surface area contributed by atoms with Gasteiger partial charge in [0, 0.05) is 48.4 Å². The smallest absolute Gasteiger partial charge is 0.241 e. The molecule has 0 saturated carbocycles. The molecule has 35 heavy (non-hydrogen) atoms. The molecule has 2 aliphatic heterocycles. The largest absolute Gasteiger partial charge is 0.368 e. The van der Waals surface area contributed by atoms with E-state index in [1.807, 2.05) is 29.2 Å². The predicted molar refractivity (Wildman–Crippen MR) is 137 cm³/mol. The number of rotatable bonds is 5. The van der Waals surface area contributed by atoms with E-state index in [0.717, 1.165) is 62.7 Å². The molecule has 0 spiro atoms. The lowest BCUT2D eigenvalue weighted by Gasteiger charge is -2.39. The number of piperazine rings is 1. The van der Waals surface area contributed by atoms with Crippen molar-refractivity contribution < 1.29 is 9.32 Å². The molecule has 7 nitrogen and oxygen atoms in total. The highest BCUT2D eigenvalue weighted by atomic mass is 35.5. The van der Waals surface area contributed by atoms with Crippen LogP contribution >= 0.6 is 11.6 Å². The number of likely N-dealkylation sites (tertiary alicyclic amines) is 1. The lowest BCUT2D eigenvalue weighted by atomic mass is 9.95. The minimum absolute atomic E-state index is 0.0937. The molecular formula is C27H32ClN5O2. The van der Waals surface area contributed by atoms with E-state index in [1.54, 1.807) is 0 Å². The number of piperidine rings is 1. The third-order valence-corrected chi connectivity index (χ3v) is 7.38. The molecule has 0 N–H and O–H groups in total. The van der Waals surface area contributed by atoms with E-state index in [0.29, 0.717) is 24.2 Å². The van der Waals surface area contributed by atoms with Gasteiger partial charge in [-0.05, 0) is 63.5 Å². The first-order chi connectivity index (χ1) is 17.0. The van der Waals surface area contributed by atoms with E-state index in [-0.39, 0.29) is 5.92 Å². The van der Waals surface area contributed by atoms with Crippen molar-refractivity contribution >= 4 is 23.2 Å². The van der Waals surface area contributed by atoms with Gasteiger partial charge >= 0.3 is 0 Å². The molecule has 0 aliphatic carbocycles. The first-order valence-electron chi connectivity index (χ1n) is 12.4. The van der Waals surface area contributed by atoms with Crippen molar-refractivity contribution in [3.05, 3.63) is 64.5 Å². The van der Waals surface area contributed by atoms with E-state index in [2.05, 4.69) is 52.0 Å². The van der Waals surface area contributed by atoms with Crippen molar-refractivity contribution in [1.29, 1.82) is 0 Å². The van der Waals surface area contributed by atoms with Crippen LogP contribution in [0.15, 0.2) is 47.0 Å². The molecule has 1 aromatic heterocycles. The number of carbonyl (C=O) groups is 1. The summed E-state index contributed by atoms with van der Waals surface area (Å²) < 4.78 is 5.50. The van der Waals surface area contributed by atoms with Crippen molar-refractivity contribution in [3.63, 3.8) is 0 Å². The highest BCUT2D eigenvalue weighted by Crippen LogP contribution is 2.27. The Morgan fingerprint density at radius 2 is 1.80 bits per heavy atom. The van der Waals surface area contributed by atoms with Crippen molar-refractivity contribution in [2.75, 3.05) is 44.2 Å². The summed E-state index contributed by atoms with van der Waals surface area (Å²) in [6.07, 6.45) is 1.73. The van der Waals surface area contributed by atoms with Gasteiger partial charge in [0.05, 0.1) is 6.54 Å². The van der Waals surface area contributed by atoms with Crippen LogP contribution in [-0.2, 0) is 11.3 Å². The fraction of sp³-hybridized carbons (Fsp3) is 0.444. The van der Waals surface area contributed by atoms with Crippen LogP contribution in [0.1, 0.15) is 29.9 Å². The van der Waals surface area contributed by atoms with Crippen LogP contribution in [0.25, 0.3) is 11.4 Å². The van der Waals surface area contributed by atoms with Crippen LogP contribution < -0.4 is 4.90 Å². The standard InChI is InChI=1S/C27H32ClN5O2/c1-19-4-3-5-22(16-19)26-29-25(35-30-26)18-31-10-8-21(9-11-31)27(34)33-14-12-32(13-15-33)24-17-23(28)7-6-20(24)2/h3-7,16-17,21H,8-15,18H2,1-2H3. The summed E-state index contributed by atoms with van der Waals surface area (Å²) in [6.45, 7) is 9.70. The molecule has 0 bridgehead atoms. The average Bonchev–Trinajstić information content (AvgIpc) is 3.34. The molecule has 0 atom stereocenters. The van der Waals surface area contributed by atoms with Gasteiger partial charge in [-0.1, -0.05) is 46.6 Å². The average molecular weight is 494 g/mol. The SMILES string of the molecule is Cc1cccc(-c2noc(CN3CCC(C(=O)N4CCN(c5cc(Cl)ccc5C)CC4)CC3)n2)c1. The Balaban J connectivity index is 1.10. The first kappa shape index (κ1) is 23.8. The number of hydrogen-bond donors (Lipinski definition) is 0. The van der Waals surface area contributed by atoms with Crippen LogP contribution in [-0.4, -0.2) is 65.1 Å². The molecule has 0 unspecified atom stereocenters.